The highest BCUT2D eigenvalue weighted by Gasteiger charge is 2.34. The van der Waals surface area contributed by atoms with Crippen molar-refractivity contribution in [3.8, 4) is 6.07 Å². The van der Waals surface area contributed by atoms with Gasteiger partial charge in [0.15, 0.2) is 0 Å². The zero-order chi connectivity index (χ0) is 26.0. The third kappa shape index (κ3) is 5.09. The molecular weight excluding hydrogens is 458 g/mol. The van der Waals surface area contributed by atoms with Crippen LogP contribution >= 0.6 is 0 Å². The molecule has 1 aliphatic carbocycles. The summed E-state index contributed by atoms with van der Waals surface area (Å²) in [5.41, 5.74) is 2.26. The quantitative estimate of drug-likeness (QED) is 0.522. The number of nitrogens with zero attached hydrogens (tertiary/aromatic N) is 4. The lowest BCUT2D eigenvalue weighted by atomic mass is 9.96. The lowest BCUT2D eigenvalue weighted by molar-refractivity contribution is -0.119. The number of carbonyl (C=O) groups excluding carboxylic acids is 1. The van der Waals surface area contributed by atoms with E-state index in [-0.39, 0.29) is 23.6 Å². The van der Waals surface area contributed by atoms with Crippen LogP contribution in [0.4, 0.5) is 5.69 Å². The minimum absolute atomic E-state index is 0.0599. The molecule has 4 rings (SSSR count). The maximum atomic E-state index is 12.9. The summed E-state index contributed by atoms with van der Waals surface area (Å²) in [6, 6.07) is 6.31. The van der Waals surface area contributed by atoms with Crippen molar-refractivity contribution >= 4 is 28.5 Å². The molecule has 2 atom stereocenters. The van der Waals surface area contributed by atoms with Gasteiger partial charge >= 0.3 is 5.97 Å². The molecule has 1 aromatic carbocycles. The highest BCUT2D eigenvalue weighted by atomic mass is 16.4. The average molecular weight is 494 g/mol. The number of fused-ring (bicyclic) bond motifs is 1. The number of carbonyl (C=O) groups is 2. The predicted octanol–water partition coefficient (Wildman–Crippen LogP) is 2.91. The molecule has 1 aliphatic heterocycles. The number of carboxylic acid groups (broad SMARTS) is 1. The standard InChI is InChI=1S/C27H35N5O4/c1-4-30(12-5-11-28)24(14-29-18(3)33)19-10-13-31(15-19)23-9-8-21-25(17(23)2)32(20-6-7-20)16-22(26(21)34)27(35)36/h8-9,16,19-20,24H,4-7,10,12-15H2,1-3H3,(H,29,33)(H,35,36). The third-order valence-corrected chi connectivity index (χ3v) is 7.64. The molecule has 2 fully saturated rings. The summed E-state index contributed by atoms with van der Waals surface area (Å²) in [7, 11) is 0. The number of anilines is 1. The molecule has 9 nitrogen and oxygen atoms in total. The molecule has 0 bridgehead atoms. The Bertz CT molecular complexity index is 1260. The van der Waals surface area contributed by atoms with Gasteiger partial charge in [-0.2, -0.15) is 5.26 Å². The van der Waals surface area contributed by atoms with Crippen molar-refractivity contribution in [1.82, 2.24) is 14.8 Å². The van der Waals surface area contributed by atoms with Crippen molar-refractivity contribution < 1.29 is 14.7 Å². The number of likely N-dealkylation sites (N-methyl/N-ethyl adjacent to an activating group) is 1. The molecule has 2 unspecified atom stereocenters. The molecule has 0 radical (unpaired) electrons. The average Bonchev–Trinajstić information content (AvgIpc) is 3.58. The molecule has 2 aromatic rings. The lowest BCUT2D eigenvalue weighted by Crippen LogP contribution is -2.49. The minimum atomic E-state index is -1.19. The summed E-state index contributed by atoms with van der Waals surface area (Å²) in [6.45, 7) is 9.30. The monoisotopic (exact) mass is 493 g/mol. The van der Waals surface area contributed by atoms with Gasteiger partial charge in [0.2, 0.25) is 11.3 Å². The van der Waals surface area contributed by atoms with Gasteiger partial charge in [-0.3, -0.25) is 14.5 Å². The van der Waals surface area contributed by atoms with E-state index in [1.54, 1.807) is 6.07 Å². The van der Waals surface area contributed by atoms with Gasteiger partial charge in [0.1, 0.15) is 5.56 Å². The second-order valence-corrected chi connectivity index (χ2v) is 9.96. The maximum absolute atomic E-state index is 12.9. The Morgan fingerprint density at radius 3 is 2.67 bits per heavy atom. The fourth-order valence-electron chi connectivity index (χ4n) is 5.66. The first-order valence-corrected chi connectivity index (χ1v) is 12.8. The molecular formula is C27H35N5O4. The summed E-state index contributed by atoms with van der Waals surface area (Å²) < 4.78 is 1.99. The van der Waals surface area contributed by atoms with Crippen LogP contribution in [0.5, 0.6) is 0 Å². The van der Waals surface area contributed by atoms with Gasteiger partial charge in [0.05, 0.1) is 11.6 Å². The van der Waals surface area contributed by atoms with Crippen molar-refractivity contribution in [2.45, 2.75) is 58.5 Å². The van der Waals surface area contributed by atoms with Crippen molar-refractivity contribution in [3.05, 3.63) is 39.7 Å². The zero-order valence-corrected chi connectivity index (χ0v) is 21.3. The van der Waals surface area contributed by atoms with Crippen LogP contribution in [0, 0.1) is 24.2 Å². The fourth-order valence-corrected chi connectivity index (χ4v) is 5.66. The van der Waals surface area contributed by atoms with E-state index < -0.39 is 11.4 Å². The van der Waals surface area contributed by atoms with Crippen LogP contribution in [0.2, 0.25) is 0 Å². The Balaban J connectivity index is 1.66. The van der Waals surface area contributed by atoms with Gasteiger partial charge in [0, 0.05) is 68.9 Å². The Morgan fingerprint density at radius 1 is 1.31 bits per heavy atom. The van der Waals surface area contributed by atoms with Crippen LogP contribution in [0.25, 0.3) is 10.9 Å². The highest BCUT2D eigenvalue weighted by Crippen LogP contribution is 2.40. The van der Waals surface area contributed by atoms with Gasteiger partial charge in [-0.1, -0.05) is 6.92 Å². The second kappa shape index (κ2) is 10.7. The van der Waals surface area contributed by atoms with Crippen molar-refractivity contribution in [2.75, 3.05) is 37.6 Å². The molecule has 2 N–H and O–H groups in total. The number of rotatable bonds is 10. The first-order chi connectivity index (χ1) is 17.3. The van der Waals surface area contributed by atoms with Crippen LogP contribution in [0.15, 0.2) is 23.1 Å². The first kappa shape index (κ1) is 25.7. The number of aromatic carboxylic acids is 1. The molecule has 2 aliphatic rings. The molecule has 192 valence electrons. The first-order valence-electron chi connectivity index (χ1n) is 12.8. The van der Waals surface area contributed by atoms with Crippen LogP contribution in [0.1, 0.15) is 61.5 Å². The summed E-state index contributed by atoms with van der Waals surface area (Å²) in [5, 5.41) is 22.1. The summed E-state index contributed by atoms with van der Waals surface area (Å²) in [4.78, 5) is 40.9. The van der Waals surface area contributed by atoms with Gasteiger partial charge in [-0.25, -0.2) is 4.79 Å². The van der Waals surface area contributed by atoms with Gasteiger partial charge in [0.25, 0.3) is 0 Å². The van der Waals surface area contributed by atoms with Crippen LogP contribution in [-0.4, -0.2) is 65.2 Å². The number of benzene rings is 1. The number of nitriles is 1. The van der Waals surface area contributed by atoms with E-state index >= 15 is 0 Å². The molecule has 2 heterocycles. The predicted molar refractivity (Wildman–Crippen MR) is 138 cm³/mol. The van der Waals surface area contributed by atoms with E-state index in [1.807, 2.05) is 17.6 Å². The largest absolute Gasteiger partial charge is 0.477 e. The van der Waals surface area contributed by atoms with Crippen LogP contribution < -0.4 is 15.6 Å². The summed E-state index contributed by atoms with van der Waals surface area (Å²) in [5.74, 6) is -0.941. The number of aromatic nitrogens is 1. The molecule has 1 amide bonds. The number of nitrogens with one attached hydrogen (secondary N) is 1. The number of pyridine rings is 1. The van der Waals surface area contributed by atoms with Gasteiger partial charge < -0.3 is 19.9 Å². The van der Waals surface area contributed by atoms with Crippen molar-refractivity contribution in [3.63, 3.8) is 0 Å². The molecule has 1 aromatic heterocycles. The Labute approximate surface area is 211 Å². The smallest absolute Gasteiger partial charge is 0.341 e. The van der Waals surface area contributed by atoms with E-state index in [1.165, 1.54) is 13.1 Å². The molecule has 0 spiro atoms. The van der Waals surface area contributed by atoms with E-state index in [4.69, 9.17) is 5.26 Å². The SMILES string of the molecule is CCN(CCC#N)C(CNC(C)=O)C1CCN(c2ccc3c(=O)c(C(=O)O)cn(C4CC4)c3c2C)C1. The number of carboxylic acids is 1. The van der Waals surface area contributed by atoms with E-state index in [2.05, 4.69) is 28.1 Å². The summed E-state index contributed by atoms with van der Waals surface area (Å²) >= 11 is 0. The summed E-state index contributed by atoms with van der Waals surface area (Å²) in [6.07, 6.45) is 4.88. The zero-order valence-electron chi connectivity index (χ0n) is 21.3. The van der Waals surface area contributed by atoms with Crippen molar-refractivity contribution in [1.29, 1.82) is 5.26 Å². The maximum Gasteiger partial charge on any atom is 0.341 e. The van der Waals surface area contributed by atoms with Crippen LogP contribution in [-0.2, 0) is 4.79 Å². The Kier molecular flexibility index (Phi) is 7.65. The highest BCUT2D eigenvalue weighted by molar-refractivity contribution is 5.95. The Morgan fingerprint density at radius 2 is 2.06 bits per heavy atom. The van der Waals surface area contributed by atoms with E-state index in [0.717, 1.165) is 55.7 Å². The molecule has 1 saturated carbocycles. The van der Waals surface area contributed by atoms with Gasteiger partial charge in [-0.05, 0) is 56.3 Å². The van der Waals surface area contributed by atoms with Crippen molar-refractivity contribution in [2.24, 2.45) is 5.92 Å². The molecule has 36 heavy (non-hydrogen) atoms. The van der Waals surface area contributed by atoms with Crippen LogP contribution in [0.3, 0.4) is 0 Å². The molecule has 9 heteroatoms. The second-order valence-electron chi connectivity index (χ2n) is 9.96. The Hall–Kier alpha value is -3.38. The number of hydrogen-bond donors (Lipinski definition) is 2. The number of hydrogen-bond acceptors (Lipinski definition) is 6. The number of amides is 1. The van der Waals surface area contributed by atoms with E-state index in [0.29, 0.717) is 30.8 Å². The topological polar surface area (TPSA) is 119 Å². The van der Waals surface area contributed by atoms with Gasteiger partial charge in [-0.15, -0.1) is 0 Å². The molecule has 1 saturated heterocycles. The normalized spacial score (nSPS) is 18.4. The minimum Gasteiger partial charge on any atom is -0.477 e. The lowest BCUT2D eigenvalue weighted by Gasteiger charge is -2.35. The van der Waals surface area contributed by atoms with E-state index in [9.17, 15) is 19.5 Å². The fraction of sp³-hybridized carbons (Fsp3) is 0.556. The third-order valence-electron chi connectivity index (χ3n) is 7.64. The number of aryl methyl sites for hydroxylation is 1.